The summed E-state index contributed by atoms with van der Waals surface area (Å²) in [6.45, 7) is 7.61. The first-order valence-corrected chi connectivity index (χ1v) is 11.3. The molecule has 2 aromatic rings. The van der Waals surface area contributed by atoms with Crippen molar-refractivity contribution in [3.8, 4) is 11.6 Å². The monoisotopic (exact) mass is 439 g/mol. The second kappa shape index (κ2) is 12.5. The van der Waals surface area contributed by atoms with Crippen molar-refractivity contribution in [3.05, 3.63) is 54.2 Å². The molecule has 1 aliphatic heterocycles. The fourth-order valence-corrected chi connectivity index (χ4v) is 3.42. The van der Waals surface area contributed by atoms with Crippen LogP contribution in [0.15, 0.2) is 53.7 Å². The van der Waals surface area contributed by atoms with Crippen LogP contribution < -0.4 is 20.1 Å². The van der Waals surface area contributed by atoms with Crippen molar-refractivity contribution in [3.63, 3.8) is 0 Å². The molecule has 0 aliphatic carbocycles. The van der Waals surface area contributed by atoms with E-state index in [0.29, 0.717) is 32.1 Å². The molecule has 0 radical (unpaired) electrons. The summed E-state index contributed by atoms with van der Waals surface area (Å²) in [4.78, 5) is 22.8. The zero-order chi connectivity index (χ0) is 22.6. The number of hydrogen-bond acceptors (Lipinski definition) is 5. The summed E-state index contributed by atoms with van der Waals surface area (Å²) in [5, 5.41) is 6.71. The van der Waals surface area contributed by atoms with E-state index in [1.165, 1.54) is 0 Å². The Kier molecular flexibility index (Phi) is 9.16. The SMILES string of the molecule is CCNC(=NCc1ccc(OCCOc2ccccc2)nc1)NC1CCN(C(=O)CC)C1. The van der Waals surface area contributed by atoms with Crippen LogP contribution >= 0.6 is 0 Å². The lowest BCUT2D eigenvalue weighted by atomic mass is 10.2. The van der Waals surface area contributed by atoms with E-state index in [4.69, 9.17) is 9.47 Å². The minimum Gasteiger partial charge on any atom is -0.490 e. The third-order valence-corrected chi connectivity index (χ3v) is 5.09. The molecule has 1 aromatic carbocycles. The van der Waals surface area contributed by atoms with Gasteiger partial charge < -0.3 is 25.0 Å². The summed E-state index contributed by atoms with van der Waals surface area (Å²) in [5.41, 5.74) is 0.990. The maximum Gasteiger partial charge on any atom is 0.222 e. The molecule has 1 fully saturated rings. The molecule has 8 nitrogen and oxygen atoms in total. The Balaban J connectivity index is 1.43. The van der Waals surface area contributed by atoms with Crippen molar-refractivity contribution in [2.24, 2.45) is 4.99 Å². The summed E-state index contributed by atoms with van der Waals surface area (Å²) in [7, 11) is 0. The van der Waals surface area contributed by atoms with Crippen molar-refractivity contribution in [2.75, 3.05) is 32.8 Å². The Morgan fingerprint density at radius 3 is 2.69 bits per heavy atom. The van der Waals surface area contributed by atoms with E-state index >= 15 is 0 Å². The van der Waals surface area contributed by atoms with Crippen LogP contribution in [0, 0.1) is 0 Å². The minimum absolute atomic E-state index is 0.205. The zero-order valence-corrected chi connectivity index (χ0v) is 18.9. The number of carbonyl (C=O) groups is 1. The molecule has 1 saturated heterocycles. The largest absolute Gasteiger partial charge is 0.490 e. The number of pyridine rings is 1. The van der Waals surface area contributed by atoms with Crippen LogP contribution in [0.1, 0.15) is 32.3 Å². The van der Waals surface area contributed by atoms with E-state index in [1.807, 2.05) is 61.2 Å². The third kappa shape index (κ3) is 7.44. The normalized spacial score (nSPS) is 16.0. The standard InChI is InChI=1S/C24H33N5O3/c1-3-23(30)29-13-12-20(18-29)28-24(25-4-2)27-17-19-10-11-22(26-16-19)32-15-14-31-21-8-6-5-7-9-21/h5-11,16,20H,3-4,12-15,17-18H2,1-2H3,(H2,25,27,28). The second-order valence-electron chi connectivity index (χ2n) is 7.53. The van der Waals surface area contributed by atoms with Gasteiger partial charge in [0, 0.05) is 44.4 Å². The van der Waals surface area contributed by atoms with E-state index in [0.717, 1.165) is 43.3 Å². The number of nitrogens with one attached hydrogen (secondary N) is 2. The summed E-state index contributed by atoms with van der Waals surface area (Å²) in [6, 6.07) is 13.7. The van der Waals surface area contributed by atoms with Gasteiger partial charge in [-0.2, -0.15) is 0 Å². The molecule has 2 N–H and O–H groups in total. The van der Waals surface area contributed by atoms with Gasteiger partial charge in [0.1, 0.15) is 19.0 Å². The van der Waals surface area contributed by atoms with Gasteiger partial charge in [-0.1, -0.05) is 31.2 Å². The second-order valence-corrected chi connectivity index (χ2v) is 7.53. The van der Waals surface area contributed by atoms with Gasteiger partial charge >= 0.3 is 0 Å². The molecule has 1 unspecified atom stereocenters. The number of benzene rings is 1. The topological polar surface area (TPSA) is 88.1 Å². The molecule has 1 aromatic heterocycles. The Labute approximate surface area is 190 Å². The van der Waals surface area contributed by atoms with Crippen LogP contribution in [0.25, 0.3) is 0 Å². The van der Waals surface area contributed by atoms with Gasteiger partial charge in [0.25, 0.3) is 0 Å². The molecule has 0 bridgehead atoms. The van der Waals surface area contributed by atoms with Gasteiger partial charge in [0.05, 0.1) is 6.54 Å². The molecule has 172 valence electrons. The Morgan fingerprint density at radius 2 is 1.97 bits per heavy atom. The molecule has 2 heterocycles. The van der Waals surface area contributed by atoms with Gasteiger partial charge in [-0.3, -0.25) is 4.79 Å². The molecule has 32 heavy (non-hydrogen) atoms. The quantitative estimate of drug-likeness (QED) is 0.336. The van der Waals surface area contributed by atoms with E-state index < -0.39 is 0 Å². The van der Waals surface area contributed by atoms with E-state index in [9.17, 15) is 4.79 Å². The van der Waals surface area contributed by atoms with E-state index in [2.05, 4.69) is 20.6 Å². The predicted octanol–water partition coefficient (Wildman–Crippen LogP) is 2.61. The number of ether oxygens (including phenoxy) is 2. The third-order valence-electron chi connectivity index (χ3n) is 5.09. The van der Waals surface area contributed by atoms with Crippen LogP contribution in [0.5, 0.6) is 11.6 Å². The fraction of sp³-hybridized carbons (Fsp3) is 0.458. The van der Waals surface area contributed by atoms with Crippen molar-refractivity contribution < 1.29 is 14.3 Å². The molecular weight excluding hydrogens is 406 g/mol. The molecule has 1 atom stereocenters. The number of hydrogen-bond donors (Lipinski definition) is 2. The number of rotatable bonds is 10. The number of guanidine groups is 1. The van der Waals surface area contributed by atoms with Crippen LogP contribution in [-0.4, -0.2) is 60.6 Å². The predicted molar refractivity (Wildman–Crippen MR) is 125 cm³/mol. The molecule has 0 spiro atoms. The molecular formula is C24H33N5O3. The average Bonchev–Trinajstić information content (AvgIpc) is 3.30. The van der Waals surface area contributed by atoms with Gasteiger partial charge in [0.2, 0.25) is 11.8 Å². The highest BCUT2D eigenvalue weighted by Crippen LogP contribution is 2.12. The lowest BCUT2D eigenvalue weighted by Gasteiger charge is -2.18. The lowest BCUT2D eigenvalue weighted by Crippen LogP contribution is -2.45. The number of carbonyl (C=O) groups excluding carboxylic acids is 1. The van der Waals surface area contributed by atoms with E-state index in [1.54, 1.807) is 6.20 Å². The van der Waals surface area contributed by atoms with Crippen molar-refractivity contribution >= 4 is 11.9 Å². The van der Waals surface area contributed by atoms with Crippen LogP contribution in [0.2, 0.25) is 0 Å². The number of likely N-dealkylation sites (tertiary alicyclic amines) is 1. The number of para-hydroxylation sites is 1. The molecule has 8 heteroatoms. The Bertz CT molecular complexity index is 858. The highest BCUT2D eigenvalue weighted by atomic mass is 16.5. The van der Waals surface area contributed by atoms with Gasteiger partial charge in [-0.25, -0.2) is 9.98 Å². The first-order valence-electron chi connectivity index (χ1n) is 11.3. The lowest BCUT2D eigenvalue weighted by molar-refractivity contribution is -0.129. The summed E-state index contributed by atoms with van der Waals surface area (Å²) < 4.78 is 11.3. The van der Waals surface area contributed by atoms with Crippen molar-refractivity contribution in [1.82, 2.24) is 20.5 Å². The number of nitrogens with zero attached hydrogens (tertiary/aromatic N) is 3. The molecule has 1 amide bonds. The Morgan fingerprint density at radius 1 is 1.16 bits per heavy atom. The maximum atomic E-state index is 11.9. The number of aromatic nitrogens is 1. The van der Waals surface area contributed by atoms with Gasteiger partial charge in [-0.05, 0) is 31.0 Å². The van der Waals surface area contributed by atoms with E-state index in [-0.39, 0.29) is 11.9 Å². The van der Waals surface area contributed by atoms with Gasteiger partial charge in [0.15, 0.2) is 5.96 Å². The highest BCUT2D eigenvalue weighted by Gasteiger charge is 2.25. The zero-order valence-electron chi connectivity index (χ0n) is 18.9. The number of amides is 1. The maximum absolute atomic E-state index is 11.9. The molecule has 0 saturated carbocycles. The summed E-state index contributed by atoms with van der Waals surface area (Å²) >= 11 is 0. The molecule has 1 aliphatic rings. The first-order chi connectivity index (χ1) is 15.7. The first kappa shape index (κ1) is 23.4. The fourth-order valence-electron chi connectivity index (χ4n) is 3.42. The van der Waals surface area contributed by atoms with Crippen molar-refractivity contribution in [2.45, 2.75) is 39.3 Å². The Hall–Kier alpha value is -3.29. The highest BCUT2D eigenvalue weighted by molar-refractivity contribution is 5.80. The van der Waals surface area contributed by atoms with Crippen LogP contribution in [-0.2, 0) is 11.3 Å². The smallest absolute Gasteiger partial charge is 0.222 e. The number of aliphatic imine (C=N–C) groups is 1. The minimum atomic E-state index is 0.205. The average molecular weight is 440 g/mol. The van der Waals surface area contributed by atoms with Crippen molar-refractivity contribution in [1.29, 1.82) is 0 Å². The summed E-state index contributed by atoms with van der Waals surface area (Å²) in [6.07, 6.45) is 3.25. The summed E-state index contributed by atoms with van der Waals surface area (Å²) in [5.74, 6) is 2.34. The van der Waals surface area contributed by atoms with Crippen LogP contribution in [0.3, 0.4) is 0 Å². The van der Waals surface area contributed by atoms with Crippen LogP contribution in [0.4, 0.5) is 0 Å². The van der Waals surface area contributed by atoms with Gasteiger partial charge in [-0.15, -0.1) is 0 Å². The molecule has 3 rings (SSSR count).